The molecule has 0 bridgehead atoms. The van der Waals surface area contributed by atoms with Gasteiger partial charge >= 0.3 is 5.97 Å². The highest BCUT2D eigenvalue weighted by Crippen LogP contribution is 2.11. The number of ether oxygens (including phenoxy) is 1. The van der Waals surface area contributed by atoms with Crippen LogP contribution in [0.15, 0.2) is 12.2 Å². The fourth-order valence-electron chi connectivity index (χ4n) is 0.454. The molecule has 0 radical (unpaired) electrons. The zero-order valence-electron chi connectivity index (χ0n) is 9.76. The predicted octanol–water partition coefficient (Wildman–Crippen LogP) is 0.582. The number of esters is 1. The average molecular weight is 284 g/mol. The molecule has 0 saturated heterocycles. The van der Waals surface area contributed by atoms with Crippen molar-refractivity contribution in [1.82, 2.24) is 0 Å². The normalized spacial score (nSPS) is 11.8. The number of hydrogen-bond acceptors (Lipinski definition) is 6. The molecule has 7 nitrogen and oxygen atoms in total. The SMILES string of the molecule is C=C(C)C(=O)OC(C)SC(=N)N.CS(=O)(=O)O. The number of carbonyl (C=O) groups is 1. The van der Waals surface area contributed by atoms with Crippen molar-refractivity contribution in [3.8, 4) is 0 Å². The van der Waals surface area contributed by atoms with E-state index in [4.69, 9.17) is 20.4 Å². The summed E-state index contributed by atoms with van der Waals surface area (Å²) in [5.41, 5.74) is 4.98. The minimum atomic E-state index is -3.67. The Morgan fingerprint density at radius 3 is 2.18 bits per heavy atom. The lowest BCUT2D eigenvalue weighted by molar-refractivity contribution is -0.139. The van der Waals surface area contributed by atoms with E-state index in [1.807, 2.05) is 0 Å². The lowest BCUT2D eigenvalue weighted by Gasteiger charge is -2.10. The smallest absolute Gasteiger partial charge is 0.334 e. The molecular weight excluding hydrogens is 268 g/mol. The molecule has 100 valence electrons. The van der Waals surface area contributed by atoms with Crippen LogP contribution < -0.4 is 5.73 Å². The van der Waals surface area contributed by atoms with Gasteiger partial charge in [-0.05, 0) is 25.6 Å². The van der Waals surface area contributed by atoms with Gasteiger partial charge in [-0.15, -0.1) is 0 Å². The summed E-state index contributed by atoms with van der Waals surface area (Å²) in [5, 5.41) is 6.83. The Balaban J connectivity index is 0. The lowest BCUT2D eigenvalue weighted by Crippen LogP contribution is -2.16. The quantitative estimate of drug-likeness (QED) is 0.172. The van der Waals surface area contributed by atoms with E-state index in [1.165, 1.54) is 0 Å². The largest absolute Gasteiger partial charge is 0.448 e. The Morgan fingerprint density at radius 2 is 1.94 bits per heavy atom. The molecule has 0 aromatic carbocycles. The van der Waals surface area contributed by atoms with E-state index in [1.54, 1.807) is 13.8 Å². The van der Waals surface area contributed by atoms with Gasteiger partial charge in [-0.3, -0.25) is 9.96 Å². The van der Waals surface area contributed by atoms with E-state index in [9.17, 15) is 13.2 Å². The standard InChI is InChI=1S/C7H12N2O2S.CH4O3S/c1-4(2)6(10)11-5(3)12-7(8)9;1-5(2,3)4/h5H,1H2,2-3H3,(H3,8,9);1H3,(H,2,3,4). The van der Waals surface area contributed by atoms with Gasteiger partial charge in [0.2, 0.25) is 0 Å². The second kappa shape index (κ2) is 8.09. The topological polar surface area (TPSA) is 131 Å². The highest BCUT2D eigenvalue weighted by molar-refractivity contribution is 8.14. The highest BCUT2D eigenvalue weighted by Gasteiger charge is 2.10. The summed E-state index contributed by atoms with van der Waals surface area (Å²) in [7, 11) is -3.67. The van der Waals surface area contributed by atoms with Crippen molar-refractivity contribution in [3.05, 3.63) is 12.2 Å². The van der Waals surface area contributed by atoms with Gasteiger partial charge in [-0.2, -0.15) is 8.42 Å². The number of thioether (sulfide) groups is 1. The summed E-state index contributed by atoms with van der Waals surface area (Å²) in [4.78, 5) is 10.9. The minimum Gasteiger partial charge on any atom is -0.448 e. The van der Waals surface area contributed by atoms with Crippen LogP contribution in [0, 0.1) is 5.41 Å². The maximum absolute atomic E-state index is 10.9. The van der Waals surface area contributed by atoms with Crippen molar-refractivity contribution in [2.75, 3.05) is 6.26 Å². The minimum absolute atomic E-state index is 0.0722. The third-order valence-corrected chi connectivity index (χ3v) is 1.60. The fourth-order valence-corrected chi connectivity index (χ4v) is 0.947. The zero-order valence-corrected chi connectivity index (χ0v) is 11.4. The Kier molecular flexibility index (Phi) is 8.72. The summed E-state index contributed by atoms with van der Waals surface area (Å²) < 4.78 is 30.7. The van der Waals surface area contributed by atoms with Gasteiger partial charge in [-0.1, -0.05) is 6.58 Å². The maximum atomic E-state index is 10.9. The highest BCUT2D eigenvalue weighted by atomic mass is 32.2. The zero-order chi connectivity index (χ0) is 14.2. The summed E-state index contributed by atoms with van der Waals surface area (Å²) in [6.07, 6.45) is 0.715. The van der Waals surface area contributed by atoms with Crippen molar-refractivity contribution >= 4 is 33.0 Å². The first-order valence-electron chi connectivity index (χ1n) is 4.23. The molecule has 0 aliphatic rings. The molecule has 1 unspecified atom stereocenters. The Labute approximate surface area is 105 Å². The molecule has 0 aromatic heterocycles. The van der Waals surface area contributed by atoms with Crippen molar-refractivity contribution in [2.24, 2.45) is 5.73 Å². The molecule has 0 aliphatic carbocycles. The van der Waals surface area contributed by atoms with Crippen molar-refractivity contribution in [2.45, 2.75) is 19.3 Å². The second-order valence-corrected chi connectivity index (χ2v) is 5.77. The van der Waals surface area contributed by atoms with E-state index in [0.717, 1.165) is 11.8 Å². The van der Waals surface area contributed by atoms with Gasteiger partial charge in [0.1, 0.15) is 0 Å². The van der Waals surface area contributed by atoms with Crippen LogP contribution in [-0.2, 0) is 19.6 Å². The first kappa shape index (κ1) is 18.3. The molecule has 0 spiro atoms. The molecule has 9 heteroatoms. The molecule has 17 heavy (non-hydrogen) atoms. The predicted molar refractivity (Wildman–Crippen MR) is 67.3 cm³/mol. The van der Waals surface area contributed by atoms with Gasteiger partial charge in [0, 0.05) is 5.57 Å². The van der Waals surface area contributed by atoms with Gasteiger partial charge in [0.25, 0.3) is 10.1 Å². The van der Waals surface area contributed by atoms with Crippen LogP contribution in [0.3, 0.4) is 0 Å². The average Bonchev–Trinajstić information content (AvgIpc) is 1.97. The van der Waals surface area contributed by atoms with Crippen LogP contribution in [0.1, 0.15) is 13.8 Å². The number of nitrogens with two attached hydrogens (primary N) is 1. The molecule has 0 heterocycles. The summed E-state index contributed by atoms with van der Waals surface area (Å²) in [6.45, 7) is 6.63. The number of rotatable bonds is 3. The molecule has 0 saturated carbocycles. The van der Waals surface area contributed by atoms with Crippen molar-refractivity contribution < 1.29 is 22.5 Å². The molecule has 0 rings (SSSR count). The summed E-state index contributed by atoms with van der Waals surface area (Å²) >= 11 is 0.977. The van der Waals surface area contributed by atoms with Gasteiger partial charge in [0.05, 0.1) is 6.26 Å². The number of nitrogens with one attached hydrogen (secondary N) is 1. The van der Waals surface area contributed by atoms with E-state index in [0.29, 0.717) is 11.8 Å². The molecule has 0 aliphatic heterocycles. The van der Waals surface area contributed by atoms with Crippen LogP contribution >= 0.6 is 11.8 Å². The fraction of sp³-hybridized carbons (Fsp3) is 0.500. The Bertz CT molecular complexity index is 383. The number of amidine groups is 1. The van der Waals surface area contributed by atoms with Gasteiger partial charge in [0.15, 0.2) is 10.6 Å². The maximum Gasteiger partial charge on any atom is 0.334 e. The van der Waals surface area contributed by atoms with E-state index in [2.05, 4.69) is 6.58 Å². The molecule has 0 amide bonds. The van der Waals surface area contributed by atoms with Crippen LogP contribution in [-0.4, -0.2) is 35.8 Å². The molecule has 4 N–H and O–H groups in total. The first-order valence-corrected chi connectivity index (χ1v) is 6.96. The third-order valence-electron chi connectivity index (χ3n) is 0.914. The van der Waals surface area contributed by atoms with Crippen LogP contribution in [0.4, 0.5) is 0 Å². The second-order valence-electron chi connectivity index (χ2n) is 2.97. The third kappa shape index (κ3) is 20.9. The molecular formula is C8H16N2O5S2. The summed E-state index contributed by atoms with van der Waals surface area (Å²) in [5.74, 6) is -0.462. The number of hydrogen-bond donors (Lipinski definition) is 3. The monoisotopic (exact) mass is 284 g/mol. The molecule has 0 fully saturated rings. The van der Waals surface area contributed by atoms with Crippen LogP contribution in [0.5, 0.6) is 0 Å². The van der Waals surface area contributed by atoms with Crippen molar-refractivity contribution in [3.63, 3.8) is 0 Å². The molecule has 1 atom stereocenters. The van der Waals surface area contributed by atoms with E-state index < -0.39 is 21.5 Å². The van der Waals surface area contributed by atoms with E-state index in [-0.39, 0.29) is 5.17 Å². The van der Waals surface area contributed by atoms with Crippen LogP contribution in [0.25, 0.3) is 0 Å². The van der Waals surface area contributed by atoms with E-state index >= 15 is 0 Å². The number of carbonyl (C=O) groups excluding carboxylic acids is 1. The summed E-state index contributed by atoms with van der Waals surface area (Å²) in [6, 6.07) is 0. The Morgan fingerprint density at radius 1 is 1.59 bits per heavy atom. The molecule has 0 aromatic rings. The lowest BCUT2D eigenvalue weighted by atomic mass is 10.4. The van der Waals surface area contributed by atoms with Gasteiger partial charge < -0.3 is 10.5 Å². The Hall–Kier alpha value is -1.06. The van der Waals surface area contributed by atoms with Crippen molar-refractivity contribution in [1.29, 1.82) is 5.41 Å². The van der Waals surface area contributed by atoms with Crippen LogP contribution in [0.2, 0.25) is 0 Å². The first-order chi connectivity index (χ1) is 7.43. The van der Waals surface area contributed by atoms with Gasteiger partial charge in [-0.25, -0.2) is 4.79 Å².